The SMILES string of the molecule is CCn1c(SCN2CCCCC2=O)nnc1-c1ccc(C)cc1. The van der Waals surface area contributed by atoms with Crippen molar-refractivity contribution in [2.75, 3.05) is 12.4 Å². The molecule has 0 bridgehead atoms. The molecule has 3 rings (SSSR count). The van der Waals surface area contributed by atoms with Crippen molar-refractivity contribution in [1.82, 2.24) is 19.7 Å². The fourth-order valence-electron chi connectivity index (χ4n) is 2.73. The first kappa shape index (κ1) is 16.1. The molecule has 0 atom stereocenters. The molecule has 1 amide bonds. The molecule has 0 saturated carbocycles. The molecule has 5 nitrogen and oxygen atoms in total. The first-order chi connectivity index (χ1) is 11.2. The number of carbonyl (C=O) groups excluding carboxylic acids is 1. The summed E-state index contributed by atoms with van der Waals surface area (Å²) in [6.07, 6.45) is 2.79. The quantitative estimate of drug-likeness (QED) is 0.789. The maximum atomic E-state index is 11.9. The lowest BCUT2D eigenvalue weighted by Gasteiger charge is -2.25. The third kappa shape index (κ3) is 3.58. The Bertz CT molecular complexity index is 680. The Hall–Kier alpha value is -1.82. The van der Waals surface area contributed by atoms with Crippen molar-refractivity contribution < 1.29 is 4.79 Å². The van der Waals surface area contributed by atoms with E-state index >= 15 is 0 Å². The second-order valence-electron chi connectivity index (χ2n) is 5.80. The minimum Gasteiger partial charge on any atom is -0.333 e. The van der Waals surface area contributed by atoms with E-state index in [1.54, 1.807) is 11.8 Å². The molecule has 1 fully saturated rings. The fourth-order valence-corrected chi connectivity index (χ4v) is 3.74. The van der Waals surface area contributed by atoms with Crippen LogP contribution in [0.5, 0.6) is 0 Å². The Kier molecular flexibility index (Phi) is 5.00. The number of rotatable bonds is 5. The van der Waals surface area contributed by atoms with Crippen molar-refractivity contribution in [1.29, 1.82) is 0 Å². The van der Waals surface area contributed by atoms with Gasteiger partial charge in [-0.05, 0) is 26.7 Å². The number of benzene rings is 1. The lowest BCUT2D eigenvalue weighted by molar-refractivity contribution is -0.132. The smallest absolute Gasteiger partial charge is 0.223 e. The van der Waals surface area contributed by atoms with Gasteiger partial charge in [-0.3, -0.25) is 4.79 Å². The zero-order valence-electron chi connectivity index (χ0n) is 13.7. The summed E-state index contributed by atoms with van der Waals surface area (Å²) in [5.41, 5.74) is 2.31. The molecule has 2 heterocycles. The standard InChI is InChI=1S/C17H22N4OS/c1-3-21-16(14-9-7-13(2)8-10-14)18-19-17(21)23-12-20-11-5-4-6-15(20)22/h7-10H,3-6,11-12H2,1-2H3. The molecule has 6 heteroatoms. The molecular formula is C17H22N4OS. The normalized spacial score (nSPS) is 15.2. The van der Waals surface area contributed by atoms with Crippen LogP contribution in [0.3, 0.4) is 0 Å². The van der Waals surface area contributed by atoms with Crippen LogP contribution in [0.1, 0.15) is 31.7 Å². The average molecular weight is 330 g/mol. The Balaban J connectivity index is 1.75. The second-order valence-corrected chi connectivity index (χ2v) is 6.72. The van der Waals surface area contributed by atoms with Crippen LogP contribution in [-0.2, 0) is 11.3 Å². The maximum Gasteiger partial charge on any atom is 0.223 e. The van der Waals surface area contributed by atoms with E-state index in [1.807, 2.05) is 4.90 Å². The van der Waals surface area contributed by atoms with E-state index in [0.717, 1.165) is 42.5 Å². The van der Waals surface area contributed by atoms with Crippen molar-refractivity contribution in [3.05, 3.63) is 29.8 Å². The molecule has 1 aromatic carbocycles. The van der Waals surface area contributed by atoms with E-state index in [1.165, 1.54) is 5.56 Å². The predicted molar refractivity (Wildman–Crippen MR) is 92.2 cm³/mol. The first-order valence-corrected chi connectivity index (χ1v) is 9.08. The van der Waals surface area contributed by atoms with E-state index in [2.05, 4.69) is 52.9 Å². The van der Waals surface area contributed by atoms with Crippen molar-refractivity contribution in [2.45, 2.75) is 44.8 Å². The Morgan fingerprint density at radius 1 is 1.17 bits per heavy atom. The molecule has 2 aromatic rings. The van der Waals surface area contributed by atoms with Gasteiger partial charge in [0.1, 0.15) is 0 Å². The van der Waals surface area contributed by atoms with Gasteiger partial charge in [-0.25, -0.2) is 0 Å². The molecule has 23 heavy (non-hydrogen) atoms. The minimum atomic E-state index is 0.255. The number of nitrogens with zero attached hydrogens (tertiary/aromatic N) is 4. The van der Waals surface area contributed by atoms with Crippen molar-refractivity contribution in [2.24, 2.45) is 0 Å². The number of carbonyl (C=O) groups is 1. The highest BCUT2D eigenvalue weighted by atomic mass is 32.2. The molecule has 1 aliphatic rings. The largest absolute Gasteiger partial charge is 0.333 e. The zero-order chi connectivity index (χ0) is 16.2. The van der Waals surface area contributed by atoms with Crippen LogP contribution in [0.2, 0.25) is 0 Å². The van der Waals surface area contributed by atoms with Gasteiger partial charge in [-0.1, -0.05) is 41.6 Å². The fraction of sp³-hybridized carbons (Fsp3) is 0.471. The summed E-state index contributed by atoms with van der Waals surface area (Å²) >= 11 is 1.59. The molecule has 1 aromatic heterocycles. The molecule has 0 unspecified atom stereocenters. The maximum absolute atomic E-state index is 11.9. The summed E-state index contributed by atoms with van der Waals surface area (Å²) in [5, 5.41) is 9.57. The highest BCUT2D eigenvalue weighted by molar-refractivity contribution is 7.99. The highest BCUT2D eigenvalue weighted by Crippen LogP contribution is 2.25. The van der Waals surface area contributed by atoms with E-state index < -0.39 is 0 Å². The first-order valence-electron chi connectivity index (χ1n) is 8.10. The second kappa shape index (κ2) is 7.17. The molecule has 0 N–H and O–H groups in total. The molecule has 122 valence electrons. The number of amides is 1. The van der Waals surface area contributed by atoms with Gasteiger partial charge in [-0.15, -0.1) is 10.2 Å². The third-order valence-corrected chi connectivity index (χ3v) is 5.11. The Morgan fingerprint density at radius 3 is 2.65 bits per heavy atom. The van der Waals surface area contributed by atoms with Crippen molar-refractivity contribution in [3.63, 3.8) is 0 Å². The van der Waals surface area contributed by atoms with E-state index in [0.29, 0.717) is 12.3 Å². The van der Waals surface area contributed by atoms with E-state index in [9.17, 15) is 4.79 Å². The zero-order valence-corrected chi connectivity index (χ0v) is 14.5. The summed E-state index contributed by atoms with van der Waals surface area (Å²) in [4.78, 5) is 13.8. The van der Waals surface area contributed by atoms with E-state index in [-0.39, 0.29) is 5.91 Å². The van der Waals surface area contributed by atoms with Crippen LogP contribution < -0.4 is 0 Å². The van der Waals surface area contributed by atoms with Gasteiger partial charge < -0.3 is 9.47 Å². The van der Waals surface area contributed by atoms with E-state index in [4.69, 9.17) is 0 Å². The van der Waals surface area contributed by atoms with Crippen LogP contribution >= 0.6 is 11.8 Å². The predicted octanol–water partition coefficient (Wildman–Crippen LogP) is 3.34. The molecular weight excluding hydrogens is 308 g/mol. The molecule has 0 aliphatic carbocycles. The van der Waals surface area contributed by atoms with Crippen LogP contribution in [0, 0.1) is 6.92 Å². The third-order valence-electron chi connectivity index (χ3n) is 4.11. The molecule has 1 aliphatic heterocycles. The van der Waals surface area contributed by atoms with Crippen LogP contribution in [0.4, 0.5) is 0 Å². The number of hydrogen-bond donors (Lipinski definition) is 0. The number of piperidine rings is 1. The molecule has 0 spiro atoms. The lowest BCUT2D eigenvalue weighted by Crippen LogP contribution is -2.34. The number of aromatic nitrogens is 3. The summed E-state index contributed by atoms with van der Waals surface area (Å²) in [6.45, 7) is 5.84. The van der Waals surface area contributed by atoms with Crippen molar-refractivity contribution >= 4 is 17.7 Å². The lowest BCUT2D eigenvalue weighted by atomic mass is 10.1. The van der Waals surface area contributed by atoms with Gasteiger partial charge in [0, 0.05) is 25.1 Å². The van der Waals surface area contributed by atoms with Crippen molar-refractivity contribution in [3.8, 4) is 11.4 Å². The average Bonchev–Trinajstić information content (AvgIpc) is 2.97. The Labute approximate surface area is 141 Å². The summed E-state index contributed by atoms with van der Waals surface area (Å²) in [6, 6.07) is 8.33. The summed E-state index contributed by atoms with van der Waals surface area (Å²) < 4.78 is 2.11. The van der Waals surface area contributed by atoms with Gasteiger partial charge >= 0.3 is 0 Å². The number of thioether (sulfide) groups is 1. The molecule has 1 saturated heterocycles. The van der Waals surface area contributed by atoms with Gasteiger partial charge in [-0.2, -0.15) is 0 Å². The van der Waals surface area contributed by atoms with Gasteiger partial charge in [0.2, 0.25) is 5.91 Å². The van der Waals surface area contributed by atoms with Crippen LogP contribution in [0.15, 0.2) is 29.4 Å². The highest BCUT2D eigenvalue weighted by Gasteiger charge is 2.20. The number of likely N-dealkylation sites (tertiary alicyclic amines) is 1. The van der Waals surface area contributed by atoms with Crippen LogP contribution in [-0.4, -0.2) is 38.0 Å². The van der Waals surface area contributed by atoms with Crippen LogP contribution in [0.25, 0.3) is 11.4 Å². The number of hydrogen-bond acceptors (Lipinski definition) is 4. The van der Waals surface area contributed by atoms with Gasteiger partial charge in [0.15, 0.2) is 11.0 Å². The summed E-state index contributed by atoms with van der Waals surface area (Å²) in [5.74, 6) is 1.80. The van der Waals surface area contributed by atoms with Gasteiger partial charge in [0.05, 0.1) is 5.88 Å². The topological polar surface area (TPSA) is 51.0 Å². The summed E-state index contributed by atoms with van der Waals surface area (Å²) in [7, 11) is 0. The van der Waals surface area contributed by atoms with Gasteiger partial charge in [0.25, 0.3) is 0 Å². The minimum absolute atomic E-state index is 0.255. The number of aryl methyl sites for hydroxylation is 1. The Morgan fingerprint density at radius 2 is 1.96 bits per heavy atom. The monoisotopic (exact) mass is 330 g/mol. The molecule has 0 radical (unpaired) electrons.